The quantitative estimate of drug-likeness (QED) is 0.652. The topological polar surface area (TPSA) is 74.7 Å². The predicted molar refractivity (Wildman–Crippen MR) is 113 cm³/mol. The minimum atomic E-state index is -1.16. The summed E-state index contributed by atoms with van der Waals surface area (Å²) in [6.45, 7) is 0. The van der Waals surface area contributed by atoms with Crippen LogP contribution in [0.25, 0.3) is 0 Å². The largest absolute Gasteiger partial charge is 0.478 e. The minimum absolute atomic E-state index is 0.0427. The second kappa shape index (κ2) is 7.76. The van der Waals surface area contributed by atoms with E-state index in [1.165, 1.54) is 17.0 Å². The summed E-state index contributed by atoms with van der Waals surface area (Å²) in [5.74, 6) is -1.59. The SMILES string of the molecule is O=C1CCCC2=C1C(c1cccc(Br)c1)CC(=O)N2c1ccc(Cl)c(C(=O)O)c1. The lowest BCUT2D eigenvalue weighted by atomic mass is 9.77. The predicted octanol–water partition coefficient (Wildman–Crippen LogP) is 5.33. The lowest BCUT2D eigenvalue weighted by Crippen LogP contribution is -2.40. The summed E-state index contributed by atoms with van der Waals surface area (Å²) in [7, 11) is 0. The summed E-state index contributed by atoms with van der Waals surface area (Å²) in [4.78, 5) is 39.1. The number of halogens is 2. The Hall–Kier alpha value is -2.44. The molecule has 4 rings (SSSR count). The zero-order valence-electron chi connectivity index (χ0n) is 15.3. The number of carbonyl (C=O) groups is 3. The number of rotatable bonds is 3. The van der Waals surface area contributed by atoms with Crippen LogP contribution < -0.4 is 4.90 Å². The first-order valence-electron chi connectivity index (χ1n) is 9.24. The van der Waals surface area contributed by atoms with E-state index in [-0.39, 0.29) is 34.6 Å². The van der Waals surface area contributed by atoms with Gasteiger partial charge in [-0.1, -0.05) is 39.7 Å². The lowest BCUT2D eigenvalue weighted by Gasteiger charge is -2.38. The van der Waals surface area contributed by atoms with Gasteiger partial charge in [0.25, 0.3) is 0 Å². The zero-order valence-corrected chi connectivity index (χ0v) is 17.7. The van der Waals surface area contributed by atoms with E-state index in [9.17, 15) is 19.5 Å². The van der Waals surface area contributed by atoms with E-state index < -0.39 is 5.97 Å². The third-order valence-corrected chi connectivity index (χ3v) is 6.19. The number of anilines is 1. The van der Waals surface area contributed by atoms with Crippen LogP contribution in [0.3, 0.4) is 0 Å². The molecule has 1 N–H and O–H groups in total. The van der Waals surface area contributed by atoms with E-state index in [4.69, 9.17) is 11.6 Å². The van der Waals surface area contributed by atoms with Gasteiger partial charge in [0.15, 0.2) is 5.78 Å². The molecule has 1 atom stereocenters. The van der Waals surface area contributed by atoms with Crippen LogP contribution in [0.2, 0.25) is 5.02 Å². The normalized spacial score (nSPS) is 19.4. The average molecular weight is 475 g/mol. The van der Waals surface area contributed by atoms with E-state index in [2.05, 4.69) is 15.9 Å². The molecule has 1 aliphatic heterocycles. The molecule has 7 heteroatoms. The number of carboxylic acid groups (broad SMARTS) is 1. The summed E-state index contributed by atoms with van der Waals surface area (Å²) in [5, 5.41) is 9.49. The Balaban J connectivity index is 1.87. The van der Waals surface area contributed by atoms with Crippen LogP contribution >= 0.6 is 27.5 Å². The summed E-state index contributed by atoms with van der Waals surface area (Å²) < 4.78 is 0.888. The molecule has 1 amide bonds. The number of carbonyl (C=O) groups excluding carboxylic acids is 2. The average Bonchev–Trinajstić information content (AvgIpc) is 2.68. The molecule has 29 heavy (non-hydrogen) atoms. The molecule has 2 aromatic rings. The standard InChI is InChI=1S/C22H17BrClNO4/c23-13-4-1-3-12(9-13)15-11-20(27)25(18-5-2-6-19(26)21(15)18)14-7-8-17(24)16(10-14)22(28)29/h1,3-4,7-10,15H,2,5-6,11H2,(H,28,29). The van der Waals surface area contributed by atoms with Crippen molar-refractivity contribution in [2.24, 2.45) is 0 Å². The second-order valence-electron chi connectivity index (χ2n) is 7.15. The number of carboxylic acids is 1. The van der Waals surface area contributed by atoms with Gasteiger partial charge in [-0.2, -0.15) is 0 Å². The molecular weight excluding hydrogens is 458 g/mol. The highest BCUT2D eigenvalue weighted by Gasteiger charge is 2.39. The monoisotopic (exact) mass is 473 g/mol. The van der Waals surface area contributed by atoms with Gasteiger partial charge in [-0.25, -0.2) is 4.79 Å². The first-order valence-corrected chi connectivity index (χ1v) is 10.4. The Morgan fingerprint density at radius 3 is 2.66 bits per heavy atom. The molecule has 0 saturated carbocycles. The summed E-state index contributed by atoms with van der Waals surface area (Å²) in [6, 6.07) is 12.1. The van der Waals surface area contributed by atoms with Gasteiger partial charge in [-0.3, -0.25) is 14.5 Å². The van der Waals surface area contributed by atoms with Crippen LogP contribution in [0, 0.1) is 0 Å². The molecule has 148 valence electrons. The number of nitrogens with zero attached hydrogens (tertiary/aromatic N) is 1. The molecule has 0 fully saturated rings. The Bertz CT molecular complexity index is 1080. The summed E-state index contributed by atoms with van der Waals surface area (Å²) in [5.41, 5.74) is 2.58. The van der Waals surface area contributed by atoms with Crippen molar-refractivity contribution in [3.8, 4) is 0 Å². The van der Waals surface area contributed by atoms with Gasteiger partial charge >= 0.3 is 5.97 Å². The van der Waals surface area contributed by atoms with Crippen LogP contribution in [0.1, 0.15) is 47.5 Å². The third kappa shape index (κ3) is 3.63. The van der Waals surface area contributed by atoms with Crippen LogP contribution in [-0.2, 0) is 9.59 Å². The van der Waals surface area contributed by atoms with E-state index in [0.29, 0.717) is 36.2 Å². The summed E-state index contributed by atoms with van der Waals surface area (Å²) in [6.07, 6.45) is 1.84. The fraction of sp³-hybridized carbons (Fsp3) is 0.227. The van der Waals surface area contributed by atoms with Gasteiger partial charge in [-0.05, 0) is 48.7 Å². The molecular formula is C22H17BrClNO4. The van der Waals surface area contributed by atoms with E-state index >= 15 is 0 Å². The van der Waals surface area contributed by atoms with Crippen molar-refractivity contribution in [2.75, 3.05) is 4.90 Å². The zero-order chi connectivity index (χ0) is 20.7. The number of benzene rings is 2. The number of ketones is 1. The van der Waals surface area contributed by atoms with Crippen molar-refractivity contribution in [1.82, 2.24) is 0 Å². The first-order chi connectivity index (χ1) is 13.9. The van der Waals surface area contributed by atoms with Gasteiger partial charge in [0, 0.05) is 40.2 Å². The molecule has 0 spiro atoms. The van der Waals surface area contributed by atoms with Gasteiger partial charge in [-0.15, -0.1) is 0 Å². The Labute approximate surface area is 181 Å². The fourth-order valence-corrected chi connectivity index (χ4v) is 4.73. The maximum atomic E-state index is 13.2. The molecule has 2 aliphatic rings. The molecule has 0 aromatic heterocycles. The van der Waals surface area contributed by atoms with Crippen LogP contribution in [0.5, 0.6) is 0 Å². The highest BCUT2D eigenvalue weighted by molar-refractivity contribution is 9.10. The fourth-order valence-electron chi connectivity index (χ4n) is 4.12. The Morgan fingerprint density at radius 2 is 1.93 bits per heavy atom. The molecule has 1 aliphatic carbocycles. The number of hydrogen-bond acceptors (Lipinski definition) is 3. The van der Waals surface area contributed by atoms with Gasteiger partial charge in [0.2, 0.25) is 5.91 Å². The molecule has 1 unspecified atom stereocenters. The smallest absolute Gasteiger partial charge is 0.337 e. The number of Topliss-reactive ketones (excluding diaryl/α,β-unsaturated/α-hetero) is 1. The third-order valence-electron chi connectivity index (χ3n) is 5.36. The van der Waals surface area contributed by atoms with Crippen molar-refractivity contribution >= 4 is 50.9 Å². The van der Waals surface area contributed by atoms with Gasteiger partial charge < -0.3 is 5.11 Å². The van der Waals surface area contributed by atoms with Crippen molar-refractivity contribution in [3.63, 3.8) is 0 Å². The number of amides is 1. The first kappa shape index (κ1) is 19.9. The highest BCUT2D eigenvalue weighted by Crippen LogP contribution is 2.44. The minimum Gasteiger partial charge on any atom is -0.478 e. The van der Waals surface area contributed by atoms with Crippen molar-refractivity contribution in [1.29, 1.82) is 0 Å². The molecule has 0 bridgehead atoms. The molecule has 0 saturated heterocycles. The van der Waals surface area contributed by atoms with E-state index in [1.54, 1.807) is 6.07 Å². The maximum Gasteiger partial charge on any atom is 0.337 e. The van der Waals surface area contributed by atoms with Crippen molar-refractivity contribution < 1.29 is 19.5 Å². The van der Waals surface area contributed by atoms with E-state index in [1.807, 2.05) is 24.3 Å². The van der Waals surface area contributed by atoms with Gasteiger partial charge in [0.1, 0.15) is 0 Å². The van der Waals surface area contributed by atoms with Crippen LogP contribution in [0.4, 0.5) is 5.69 Å². The molecule has 5 nitrogen and oxygen atoms in total. The van der Waals surface area contributed by atoms with Gasteiger partial charge in [0.05, 0.1) is 10.6 Å². The van der Waals surface area contributed by atoms with Crippen LogP contribution in [-0.4, -0.2) is 22.8 Å². The van der Waals surface area contributed by atoms with Crippen molar-refractivity contribution in [2.45, 2.75) is 31.6 Å². The molecule has 1 heterocycles. The number of aromatic carboxylic acids is 1. The molecule has 0 radical (unpaired) electrons. The number of hydrogen-bond donors (Lipinski definition) is 1. The van der Waals surface area contributed by atoms with E-state index in [0.717, 1.165) is 10.0 Å². The lowest BCUT2D eigenvalue weighted by molar-refractivity contribution is -0.119. The van der Waals surface area contributed by atoms with Crippen LogP contribution in [0.15, 0.2) is 58.2 Å². The highest BCUT2D eigenvalue weighted by atomic mass is 79.9. The Kier molecular flexibility index (Phi) is 5.32. The summed E-state index contributed by atoms with van der Waals surface area (Å²) >= 11 is 9.45. The van der Waals surface area contributed by atoms with Crippen molar-refractivity contribution in [3.05, 3.63) is 74.4 Å². The Morgan fingerprint density at radius 1 is 1.14 bits per heavy atom. The maximum absolute atomic E-state index is 13.2. The number of allylic oxidation sites excluding steroid dienone is 2. The molecule has 2 aromatic carbocycles. The second-order valence-corrected chi connectivity index (χ2v) is 8.47.